The van der Waals surface area contributed by atoms with Crippen molar-refractivity contribution in [1.82, 2.24) is 14.1 Å². The first-order chi connectivity index (χ1) is 27.8. The number of ether oxygens (including phenoxy) is 1. The molecule has 1 aliphatic heterocycles. The quantitative estimate of drug-likeness (QED) is 0.0935. The van der Waals surface area contributed by atoms with Gasteiger partial charge in [-0.25, -0.2) is 4.98 Å². The molecule has 3 aromatic heterocycles. The number of nitrogens with zero attached hydrogens (tertiary/aromatic N) is 5. The van der Waals surface area contributed by atoms with E-state index >= 15 is 0 Å². The first kappa shape index (κ1) is 31.9. The number of rotatable bonds is 7. The number of fused-ring (bicyclic) bond motifs is 5. The summed E-state index contributed by atoms with van der Waals surface area (Å²) in [5.74, 6) is 2.92. The summed E-state index contributed by atoms with van der Waals surface area (Å²) in [6, 6.07) is 64.5. The zero-order valence-electron chi connectivity index (χ0n) is 30.1. The average Bonchev–Trinajstić information content (AvgIpc) is 3.95. The Hall–Kier alpha value is -7.58. The number of pyridine rings is 1. The van der Waals surface area contributed by atoms with Crippen molar-refractivity contribution in [3.8, 4) is 34.3 Å². The molecule has 0 atom stereocenters. The van der Waals surface area contributed by atoms with Crippen LogP contribution in [0.3, 0.4) is 0 Å². The zero-order valence-corrected chi connectivity index (χ0v) is 30.1. The summed E-state index contributed by atoms with van der Waals surface area (Å²) in [5, 5.41) is 2.45. The van der Waals surface area contributed by atoms with Gasteiger partial charge in [0.15, 0.2) is 5.82 Å². The number of imidazole rings is 1. The lowest BCUT2D eigenvalue weighted by Crippen LogP contribution is -2.47. The predicted molar refractivity (Wildman–Crippen MR) is 223 cm³/mol. The maximum atomic E-state index is 6.60. The molecule has 264 valence electrons. The van der Waals surface area contributed by atoms with E-state index in [1.165, 1.54) is 10.8 Å². The molecule has 0 saturated heterocycles. The van der Waals surface area contributed by atoms with E-state index in [0.717, 1.165) is 61.8 Å². The van der Waals surface area contributed by atoms with Crippen LogP contribution in [0.5, 0.6) is 17.2 Å². The Morgan fingerprint density at radius 1 is 0.571 bits per heavy atom. The molecule has 0 N–H and O–H groups in total. The largest absolute Gasteiger partial charge is 0.535 e. The van der Waals surface area contributed by atoms with Gasteiger partial charge >= 0.3 is 7.05 Å². The highest BCUT2D eigenvalue weighted by molar-refractivity contribution is 6.74. The molecule has 10 aromatic rings. The molecule has 11 rings (SSSR count). The number of benzene rings is 7. The smallest absolute Gasteiger partial charge is 0.525 e. The van der Waals surface area contributed by atoms with Crippen molar-refractivity contribution in [2.24, 2.45) is 0 Å². The first-order valence-electron chi connectivity index (χ1n) is 18.7. The monoisotopic (exact) mass is 721 g/mol. The topological polar surface area (TPSA) is 48.3 Å². The normalized spacial score (nSPS) is 12.4. The van der Waals surface area contributed by atoms with Crippen LogP contribution in [0.4, 0.5) is 11.5 Å². The minimum absolute atomic E-state index is 0.357. The molecular formula is C48H32BN5O2. The molecule has 0 amide bonds. The molecule has 0 fully saturated rings. The third kappa shape index (κ3) is 5.22. The van der Waals surface area contributed by atoms with Gasteiger partial charge in [0, 0.05) is 28.7 Å². The molecule has 0 spiro atoms. The Kier molecular flexibility index (Phi) is 7.45. The van der Waals surface area contributed by atoms with Crippen LogP contribution < -0.4 is 24.2 Å². The van der Waals surface area contributed by atoms with Gasteiger partial charge in [-0.05, 0) is 72.2 Å². The van der Waals surface area contributed by atoms with Crippen LogP contribution in [0.1, 0.15) is 0 Å². The number of para-hydroxylation sites is 6. The highest BCUT2D eigenvalue weighted by Crippen LogP contribution is 2.40. The number of hydrogen-bond donors (Lipinski definition) is 0. The second-order valence-corrected chi connectivity index (χ2v) is 13.8. The SMILES string of the molecule is [c-]1n(-c2cccc(Oc3cccc(N4B(c5ccccc5)Oc5cccnc54)c3)c2)c2ccccc2[n+]1-c1ccccc1-n1c2ccccc2c2ccccc21. The molecule has 1 aliphatic rings. The maximum absolute atomic E-state index is 6.60. The van der Waals surface area contributed by atoms with Gasteiger partial charge in [0.25, 0.3) is 6.33 Å². The minimum Gasteiger partial charge on any atom is -0.535 e. The molecule has 0 saturated carbocycles. The average molecular weight is 722 g/mol. The maximum Gasteiger partial charge on any atom is 0.525 e. The van der Waals surface area contributed by atoms with E-state index < -0.39 is 0 Å². The van der Waals surface area contributed by atoms with Crippen molar-refractivity contribution in [2.45, 2.75) is 0 Å². The van der Waals surface area contributed by atoms with Crippen LogP contribution in [0.2, 0.25) is 0 Å². The Morgan fingerprint density at radius 2 is 1.21 bits per heavy atom. The third-order valence-electron chi connectivity index (χ3n) is 10.5. The van der Waals surface area contributed by atoms with Crippen LogP contribution in [-0.2, 0) is 0 Å². The number of anilines is 2. The Balaban J connectivity index is 0.974. The summed E-state index contributed by atoms with van der Waals surface area (Å²) < 4.78 is 19.7. The van der Waals surface area contributed by atoms with Gasteiger partial charge in [-0.3, -0.25) is 9.13 Å². The summed E-state index contributed by atoms with van der Waals surface area (Å²) in [5.41, 5.74) is 9.35. The van der Waals surface area contributed by atoms with Gasteiger partial charge in [-0.2, -0.15) is 0 Å². The first-order valence-corrected chi connectivity index (χ1v) is 18.7. The van der Waals surface area contributed by atoms with E-state index in [9.17, 15) is 0 Å². The Bertz CT molecular complexity index is 3030. The van der Waals surface area contributed by atoms with E-state index in [4.69, 9.17) is 14.4 Å². The minimum atomic E-state index is -0.357. The fourth-order valence-corrected chi connectivity index (χ4v) is 8.01. The summed E-state index contributed by atoms with van der Waals surface area (Å²) in [4.78, 5) is 6.81. The lowest BCUT2D eigenvalue weighted by Gasteiger charge is -2.22. The molecule has 0 radical (unpaired) electrons. The van der Waals surface area contributed by atoms with Gasteiger partial charge in [-0.15, -0.1) is 0 Å². The van der Waals surface area contributed by atoms with Crippen LogP contribution in [0.15, 0.2) is 194 Å². The summed E-state index contributed by atoms with van der Waals surface area (Å²) >= 11 is 0. The zero-order chi connectivity index (χ0) is 37.0. The van der Waals surface area contributed by atoms with Crippen molar-refractivity contribution in [3.63, 3.8) is 0 Å². The van der Waals surface area contributed by atoms with Gasteiger partial charge in [0.05, 0.1) is 39.1 Å². The molecule has 8 heteroatoms. The van der Waals surface area contributed by atoms with Crippen LogP contribution in [0.25, 0.3) is 49.9 Å². The molecule has 56 heavy (non-hydrogen) atoms. The molecule has 4 heterocycles. The second-order valence-electron chi connectivity index (χ2n) is 13.8. The second kappa shape index (κ2) is 13.1. The van der Waals surface area contributed by atoms with Crippen LogP contribution in [-0.4, -0.2) is 21.2 Å². The van der Waals surface area contributed by atoms with Crippen LogP contribution >= 0.6 is 0 Å². The van der Waals surface area contributed by atoms with E-state index in [1.54, 1.807) is 6.20 Å². The van der Waals surface area contributed by atoms with Crippen molar-refractivity contribution >= 4 is 56.9 Å². The van der Waals surface area contributed by atoms with E-state index in [1.807, 2.05) is 60.7 Å². The Morgan fingerprint density at radius 3 is 2.00 bits per heavy atom. The lowest BCUT2D eigenvalue weighted by molar-refractivity contribution is -0.572. The third-order valence-corrected chi connectivity index (χ3v) is 10.5. The van der Waals surface area contributed by atoms with Crippen molar-refractivity contribution < 1.29 is 14.0 Å². The molecule has 0 aliphatic carbocycles. The predicted octanol–water partition coefficient (Wildman–Crippen LogP) is 9.92. The van der Waals surface area contributed by atoms with Gasteiger partial charge in [-0.1, -0.05) is 115 Å². The molecule has 0 bridgehead atoms. The molecule has 0 unspecified atom stereocenters. The van der Waals surface area contributed by atoms with E-state index in [2.05, 4.69) is 152 Å². The van der Waals surface area contributed by atoms with Gasteiger partial charge in [0.2, 0.25) is 0 Å². The highest BCUT2D eigenvalue weighted by atomic mass is 16.5. The Labute approximate surface area is 323 Å². The van der Waals surface area contributed by atoms with Gasteiger partial charge < -0.3 is 18.8 Å². The summed E-state index contributed by atoms with van der Waals surface area (Å²) in [6.45, 7) is 0. The standard InChI is InChI=1S/C48H32BN5O2/c1-2-15-34(16-3-1)49-54(48-47(56-49)29-14-30-50-48)36-18-13-20-38(32-36)55-37-19-12-17-35(31-37)51-33-52(44-26-9-8-25-43(44)51)45-27-10-11-28-46(45)53-41-23-6-4-21-39(41)40-22-5-7-24-42(40)53/h1-32H. The highest BCUT2D eigenvalue weighted by Gasteiger charge is 2.40. The summed E-state index contributed by atoms with van der Waals surface area (Å²) in [7, 11) is -0.357. The summed E-state index contributed by atoms with van der Waals surface area (Å²) in [6.07, 6.45) is 5.52. The van der Waals surface area contributed by atoms with Crippen molar-refractivity contribution in [1.29, 1.82) is 0 Å². The van der Waals surface area contributed by atoms with Crippen molar-refractivity contribution in [3.05, 3.63) is 201 Å². The fourth-order valence-electron chi connectivity index (χ4n) is 8.01. The molecular weight excluding hydrogens is 689 g/mol. The molecule has 7 nitrogen and oxygen atoms in total. The fraction of sp³-hybridized carbons (Fsp3) is 0. The molecule has 7 aromatic carbocycles. The van der Waals surface area contributed by atoms with Crippen LogP contribution in [0, 0.1) is 6.33 Å². The number of hydrogen-bond acceptors (Lipinski definition) is 4. The van der Waals surface area contributed by atoms with Crippen molar-refractivity contribution in [2.75, 3.05) is 4.81 Å². The van der Waals surface area contributed by atoms with Gasteiger partial charge in [0.1, 0.15) is 17.2 Å². The van der Waals surface area contributed by atoms with E-state index in [-0.39, 0.29) is 7.05 Å². The number of aromatic nitrogens is 4. The van der Waals surface area contributed by atoms with E-state index in [0.29, 0.717) is 11.5 Å². The lowest BCUT2D eigenvalue weighted by atomic mass is 9.71.